The number of carbonyl (C=O) groups is 1. The number of nitrogens with one attached hydrogen (secondary N) is 1. The average molecular weight is 205 g/mol. The fourth-order valence-electron chi connectivity index (χ4n) is 1.71. The second kappa shape index (κ2) is 3.22. The smallest absolute Gasteiger partial charge is 0.245 e. The van der Waals surface area contributed by atoms with Gasteiger partial charge in [0.1, 0.15) is 0 Å². The van der Waals surface area contributed by atoms with E-state index in [0.717, 1.165) is 5.69 Å². The van der Waals surface area contributed by atoms with E-state index >= 15 is 0 Å². The zero-order valence-corrected chi connectivity index (χ0v) is 9.24. The summed E-state index contributed by atoms with van der Waals surface area (Å²) >= 11 is 0. The van der Waals surface area contributed by atoms with Crippen LogP contribution in [0.2, 0.25) is 0 Å². The van der Waals surface area contributed by atoms with E-state index in [0.29, 0.717) is 12.4 Å². The number of amides is 1. The van der Waals surface area contributed by atoms with Crippen molar-refractivity contribution in [2.75, 3.05) is 16.8 Å². The molecule has 0 saturated carbocycles. The van der Waals surface area contributed by atoms with Crippen LogP contribution in [0.4, 0.5) is 11.5 Å². The molecular weight excluding hydrogens is 190 g/mol. The molecule has 15 heavy (non-hydrogen) atoms. The van der Waals surface area contributed by atoms with Crippen molar-refractivity contribution in [1.29, 1.82) is 0 Å². The fraction of sp³-hybridized carbons (Fsp3) is 0.455. The molecule has 2 heterocycles. The third kappa shape index (κ3) is 1.79. The van der Waals surface area contributed by atoms with E-state index in [2.05, 4.69) is 36.0 Å². The maximum absolute atomic E-state index is 11.5. The molecule has 1 aliphatic rings. The van der Waals surface area contributed by atoms with E-state index in [4.69, 9.17) is 0 Å². The van der Waals surface area contributed by atoms with Crippen LogP contribution in [0.15, 0.2) is 18.3 Å². The molecule has 1 aliphatic heterocycles. The molecule has 0 unspecified atom stereocenters. The molecule has 0 radical (unpaired) electrons. The Kier molecular flexibility index (Phi) is 2.14. The van der Waals surface area contributed by atoms with Crippen LogP contribution in [0.3, 0.4) is 0 Å². The minimum Gasteiger partial charge on any atom is -0.354 e. The van der Waals surface area contributed by atoms with Crippen molar-refractivity contribution >= 4 is 17.4 Å². The quantitative estimate of drug-likeness (QED) is 0.700. The summed E-state index contributed by atoms with van der Waals surface area (Å²) in [5, 5.41) is 2.77. The highest BCUT2D eigenvalue weighted by Crippen LogP contribution is 2.31. The van der Waals surface area contributed by atoms with Crippen molar-refractivity contribution in [3.63, 3.8) is 0 Å². The summed E-state index contributed by atoms with van der Waals surface area (Å²) in [5.74, 6) is 0.653. The van der Waals surface area contributed by atoms with Crippen molar-refractivity contribution in [2.24, 2.45) is 0 Å². The molecule has 0 atom stereocenters. The van der Waals surface area contributed by atoms with Gasteiger partial charge in [-0.15, -0.1) is 0 Å². The van der Waals surface area contributed by atoms with Gasteiger partial charge in [0.05, 0.1) is 12.2 Å². The SMILES string of the molecule is CC(C)(C)N1CC(=O)Nc2ncccc21. The number of pyridine rings is 1. The summed E-state index contributed by atoms with van der Waals surface area (Å²) in [7, 11) is 0. The molecule has 0 saturated heterocycles. The van der Waals surface area contributed by atoms with Gasteiger partial charge < -0.3 is 10.2 Å². The molecule has 4 nitrogen and oxygen atoms in total. The zero-order valence-electron chi connectivity index (χ0n) is 9.24. The normalized spacial score (nSPS) is 15.9. The molecule has 4 heteroatoms. The molecule has 1 amide bonds. The van der Waals surface area contributed by atoms with Gasteiger partial charge in [-0.1, -0.05) is 0 Å². The van der Waals surface area contributed by atoms with Gasteiger partial charge in [0, 0.05) is 11.7 Å². The van der Waals surface area contributed by atoms with Crippen LogP contribution >= 0.6 is 0 Å². The number of nitrogens with zero attached hydrogens (tertiary/aromatic N) is 2. The topological polar surface area (TPSA) is 45.2 Å². The zero-order chi connectivity index (χ0) is 11.1. The predicted octanol–water partition coefficient (Wildman–Crippen LogP) is 1.64. The minimum atomic E-state index is -0.0739. The van der Waals surface area contributed by atoms with Gasteiger partial charge in [0.15, 0.2) is 5.82 Å². The summed E-state index contributed by atoms with van der Waals surface area (Å²) in [6, 6.07) is 3.86. The lowest BCUT2D eigenvalue weighted by molar-refractivity contribution is -0.115. The Labute approximate surface area is 89.3 Å². The van der Waals surface area contributed by atoms with Gasteiger partial charge in [-0.2, -0.15) is 0 Å². The first-order chi connectivity index (χ1) is 6.98. The van der Waals surface area contributed by atoms with E-state index < -0.39 is 0 Å². The molecular formula is C11H15N3O. The molecule has 1 aromatic heterocycles. The lowest BCUT2D eigenvalue weighted by Crippen LogP contribution is -2.49. The highest BCUT2D eigenvalue weighted by molar-refractivity contribution is 6.00. The maximum Gasteiger partial charge on any atom is 0.245 e. The van der Waals surface area contributed by atoms with E-state index in [1.807, 2.05) is 12.1 Å². The van der Waals surface area contributed by atoms with E-state index in [1.54, 1.807) is 6.20 Å². The van der Waals surface area contributed by atoms with Gasteiger partial charge in [-0.25, -0.2) is 4.98 Å². The number of aromatic nitrogens is 1. The van der Waals surface area contributed by atoms with E-state index in [-0.39, 0.29) is 11.4 Å². The van der Waals surface area contributed by atoms with Crippen LogP contribution in [0.25, 0.3) is 0 Å². The van der Waals surface area contributed by atoms with Gasteiger partial charge in [-0.05, 0) is 32.9 Å². The van der Waals surface area contributed by atoms with Gasteiger partial charge >= 0.3 is 0 Å². The lowest BCUT2D eigenvalue weighted by Gasteiger charge is -2.40. The molecule has 0 aliphatic carbocycles. The monoisotopic (exact) mass is 205 g/mol. The number of carbonyl (C=O) groups excluding carboxylic acids is 1. The van der Waals surface area contributed by atoms with Gasteiger partial charge in [0.2, 0.25) is 5.91 Å². The van der Waals surface area contributed by atoms with Crippen molar-refractivity contribution < 1.29 is 4.79 Å². The van der Waals surface area contributed by atoms with Crippen molar-refractivity contribution in [2.45, 2.75) is 26.3 Å². The Morgan fingerprint density at radius 3 is 2.87 bits per heavy atom. The average Bonchev–Trinajstić information content (AvgIpc) is 2.15. The largest absolute Gasteiger partial charge is 0.354 e. The summed E-state index contributed by atoms with van der Waals surface area (Å²) in [6.45, 7) is 6.65. The fourth-order valence-corrected chi connectivity index (χ4v) is 1.71. The number of hydrogen-bond donors (Lipinski definition) is 1. The number of anilines is 2. The van der Waals surface area contributed by atoms with Crippen LogP contribution < -0.4 is 10.2 Å². The Bertz CT molecular complexity index is 395. The van der Waals surface area contributed by atoms with E-state index in [9.17, 15) is 4.79 Å². The first kappa shape index (κ1) is 9.96. The third-order valence-corrected chi connectivity index (χ3v) is 2.45. The molecule has 1 N–H and O–H groups in total. The molecule has 1 aromatic rings. The molecule has 2 rings (SSSR count). The second-order valence-electron chi connectivity index (χ2n) is 4.68. The number of fused-ring (bicyclic) bond motifs is 1. The van der Waals surface area contributed by atoms with Crippen LogP contribution in [0.1, 0.15) is 20.8 Å². The Morgan fingerprint density at radius 1 is 1.47 bits per heavy atom. The van der Waals surface area contributed by atoms with Crippen molar-refractivity contribution in [3.8, 4) is 0 Å². The molecule has 80 valence electrons. The van der Waals surface area contributed by atoms with Crippen LogP contribution in [-0.4, -0.2) is 23.0 Å². The Morgan fingerprint density at radius 2 is 2.20 bits per heavy atom. The summed E-state index contributed by atoms with van der Waals surface area (Å²) in [6.07, 6.45) is 1.69. The third-order valence-electron chi connectivity index (χ3n) is 2.45. The minimum absolute atomic E-state index is 0.00359. The van der Waals surface area contributed by atoms with E-state index in [1.165, 1.54) is 0 Å². The molecule has 0 aromatic carbocycles. The van der Waals surface area contributed by atoms with Crippen LogP contribution in [0.5, 0.6) is 0 Å². The standard InChI is InChI=1S/C11H15N3O/c1-11(2,3)14-7-9(15)13-10-8(14)5-4-6-12-10/h4-6H,7H2,1-3H3,(H,12,13,15). The summed E-state index contributed by atoms with van der Waals surface area (Å²) < 4.78 is 0. The number of hydrogen-bond acceptors (Lipinski definition) is 3. The highest BCUT2D eigenvalue weighted by Gasteiger charge is 2.30. The van der Waals surface area contributed by atoms with Crippen molar-refractivity contribution in [3.05, 3.63) is 18.3 Å². The maximum atomic E-state index is 11.5. The Balaban J connectivity index is 2.47. The molecule has 0 bridgehead atoms. The first-order valence-corrected chi connectivity index (χ1v) is 5.01. The Hall–Kier alpha value is -1.58. The van der Waals surface area contributed by atoms with Gasteiger partial charge in [0.25, 0.3) is 0 Å². The van der Waals surface area contributed by atoms with Gasteiger partial charge in [-0.3, -0.25) is 4.79 Å². The lowest BCUT2D eigenvalue weighted by atomic mass is 10.0. The molecule has 0 spiro atoms. The van der Waals surface area contributed by atoms with Crippen molar-refractivity contribution in [1.82, 2.24) is 4.98 Å². The van der Waals surface area contributed by atoms with Crippen LogP contribution in [0, 0.1) is 0 Å². The predicted molar refractivity (Wildman–Crippen MR) is 60.0 cm³/mol. The number of rotatable bonds is 0. The first-order valence-electron chi connectivity index (χ1n) is 5.01. The molecule has 0 fully saturated rings. The summed E-state index contributed by atoms with van der Waals surface area (Å²) in [4.78, 5) is 17.7. The summed E-state index contributed by atoms with van der Waals surface area (Å²) in [5.41, 5.74) is 0.917. The van der Waals surface area contributed by atoms with Crippen LogP contribution in [-0.2, 0) is 4.79 Å². The second-order valence-corrected chi connectivity index (χ2v) is 4.68. The highest BCUT2D eigenvalue weighted by atomic mass is 16.2.